The number of carbonyl (C=O) groups is 3. The second-order valence-corrected chi connectivity index (χ2v) is 8.07. The van der Waals surface area contributed by atoms with Crippen LogP contribution in [0.4, 0.5) is 10.7 Å². The number of urea groups is 1. The highest BCUT2D eigenvalue weighted by Gasteiger charge is 2.33. The van der Waals surface area contributed by atoms with Crippen molar-refractivity contribution in [1.82, 2.24) is 20.2 Å². The van der Waals surface area contributed by atoms with Gasteiger partial charge in [0, 0.05) is 13.1 Å². The zero-order chi connectivity index (χ0) is 22.0. The molecule has 9 nitrogen and oxygen atoms in total. The summed E-state index contributed by atoms with van der Waals surface area (Å²) >= 11 is 0. The van der Waals surface area contributed by atoms with E-state index in [-0.39, 0.29) is 11.8 Å². The Hall–Kier alpha value is -3.10. The number of imidazole rings is 1. The van der Waals surface area contributed by atoms with E-state index in [1.807, 2.05) is 42.7 Å². The van der Waals surface area contributed by atoms with Gasteiger partial charge in [0.1, 0.15) is 6.04 Å². The van der Waals surface area contributed by atoms with Gasteiger partial charge in [0.05, 0.1) is 23.0 Å². The largest absolute Gasteiger partial charge is 0.548 e. The van der Waals surface area contributed by atoms with E-state index in [4.69, 9.17) is 0 Å². The van der Waals surface area contributed by atoms with E-state index in [9.17, 15) is 19.5 Å². The molecular weight excluding hydrogens is 386 g/mol. The van der Waals surface area contributed by atoms with E-state index in [1.54, 1.807) is 13.8 Å². The van der Waals surface area contributed by atoms with E-state index in [2.05, 4.69) is 15.6 Å². The highest BCUT2D eigenvalue weighted by Crippen LogP contribution is 2.27. The summed E-state index contributed by atoms with van der Waals surface area (Å²) in [6.45, 7) is 8.18. The fourth-order valence-electron chi connectivity index (χ4n) is 3.64. The molecule has 9 heteroatoms. The third-order valence-electron chi connectivity index (χ3n) is 5.66. The Morgan fingerprint density at radius 3 is 2.43 bits per heavy atom. The quantitative estimate of drug-likeness (QED) is 0.697. The Morgan fingerprint density at radius 2 is 1.80 bits per heavy atom. The van der Waals surface area contributed by atoms with Gasteiger partial charge in [-0.05, 0) is 24.0 Å². The van der Waals surface area contributed by atoms with Gasteiger partial charge in [-0.15, -0.1) is 0 Å². The van der Waals surface area contributed by atoms with Gasteiger partial charge < -0.3 is 25.1 Å². The van der Waals surface area contributed by atoms with Crippen LogP contribution in [0.25, 0.3) is 11.0 Å². The lowest BCUT2D eigenvalue weighted by atomic mass is 9.97. The lowest BCUT2D eigenvalue weighted by Crippen LogP contribution is -2.59. The third kappa shape index (κ3) is 4.10. The minimum Gasteiger partial charge on any atom is -0.548 e. The van der Waals surface area contributed by atoms with Crippen LogP contribution in [0.15, 0.2) is 24.3 Å². The van der Waals surface area contributed by atoms with Crippen molar-refractivity contribution in [3.63, 3.8) is 0 Å². The molecule has 0 bridgehead atoms. The van der Waals surface area contributed by atoms with Gasteiger partial charge in [0.2, 0.25) is 11.9 Å². The van der Waals surface area contributed by atoms with E-state index < -0.39 is 30.0 Å². The first-order chi connectivity index (χ1) is 14.2. The van der Waals surface area contributed by atoms with Crippen LogP contribution < -0.4 is 20.6 Å². The van der Waals surface area contributed by atoms with E-state index >= 15 is 0 Å². The number of hydrogen-bond acceptors (Lipinski definition) is 5. The first kappa shape index (κ1) is 21.6. The molecule has 3 amide bonds. The molecule has 3 atom stereocenters. The van der Waals surface area contributed by atoms with E-state index in [0.717, 1.165) is 11.0 Å². The number of nitrogens with zero attached hydrogens (tertiary/aromatic N) is 3. The summed E-state index contributed by atoms with van der Waals surface area (Å²) in [5.74, 6) is -1.88. The molecule has 0 saturated carbocycles. The number of hydrogen-bond donors (Lipinski definition) is 2. The number of amides is 3. The van der Waals surface area contributed by atoms with Gasteiger partial charge in [0.25, 0.3) is 0 Å². The number of carboxylic acids is 1. The number of fused-ring (bicyclic) bond motifs is 3. The topological polar surface area (TPSA) is 119 Å². The Bertz CT molecular complexity index is 954. The van der Waals surface area contributed by atoms with Gasteiger partial charge >= 0.3 is 6.03 Å². The van der Waals surface area contributed by atoms with Crippen LogP contribution in [0, 0.1) is 11.8 Å². The van der Waals surface area contributed by atoms with Crippen LogP contribution in [0.3, 0.4) is 0 Å². The van der Waals surface area contributed by atoms with Gasteiger partial charge in [-0.2, -0.15) is 0 Å². The number of rotatable bonds is 7. The van der Waals surface area contributed by atoms with Crippen LogP contribution in [-0.2, 0) is 16.1 Å². The maximum absolute atomic E-state index is 13.0. The molecule has 162 valence electrons. The molecule has 2 N–H and O–H groups in total. The van der Waals surface area contributed by atoms with Crippen molar-refractivity contribution in [2.45, 2.75) is 52.7 Å². The van der Waals surface area contributed by atoms with Crippen LogP contribution in [0.5, 0.6) is 0 Å². The molecule has 2 heterocycles. The molecule has 2 aromatic rings. The standard InChI is InChI=1S/C21H29N5O4/c1-5-13(4)17(18(27)23-16(12(2)3)19(28)29)24-21(30)26-11-10-25-15-9-7-6-8-14(15)22-20(25)26/h6-9,12-13,16-17H,5,10-11H2,1-4H3,(H,23,27)(H,24,30)(H,28,29)/p-1/t13-,16-,17-/m0/s1. The fourth-order valence-corrected chi connectivity index (χ4v) is 3.64. The summed E-state index contributed by atoms with van der Waals surface area (Å²) in [7, 11) is 0. The van der Waals surface area contributed by atoms with E-state index in [0.29, 0.717) is 25.5 Å². The van der Waals surface area contributed by atoms with Crippen molar-refractivity contribution in [2.75, 3.05) is 11.4 Å². The second-order valence-electron chi connectivity index (χ2n) is 8.07. The minimum atomic E-state index is -1.35. The lowest BCUT2D eigenvalue weighted by Gasteiger charge is -2.29. The minimum absolute atomic E-state index is 0.190. The van der Waals surface area contributed by atoms with Crippen LogP contribution in [-0.4, -0.2) is 46.1 Å². The molecule has 0 fully saturated rings. The summed E-state index contributed by atoms with van der Waals surface area (Å²) in [5.41, 5.74) is 1.75. The zero-order valence-corrected chi connectivity index (χ0v) is 17.7. The van der Waals surface area contributed by atoms with Crippen LogP contribution in [0.1, 0.15) is 34.1 Å². The first-order valence-electron chi connectivity index (χ1n) is 10.3. The molecular formula is C21H28N5O4-. The molecule has 1 aliphatic rings. The predicted octanol–water partition coefficient (Wildman–Crippen LogP) is 0.871. The molecule has 1 aliphatic heterocycles. The number of nitrogens with one attached hydrogen (secondary N) is 2. The van der Waals surface area contributed by atoms with Gasteiger partial charge in [-0.25, -0.2) is 9.78 Å². The Labute approximate surface area is 175 Å². The smallest absolute Gasteiger partial charge is 0.324 e. The van der Waals surface area contributed by atoms with Gasteiger partial charge in [-0.1, -0.05) is 46.2 Å². The van der Waals surface area contributed by atoms with E-state index in [1.165, 1.54) is 4.90 Å². The summed E-state index contributed by atoms with van der Waals surface area (Å²) in [6.07, 6.45) is 0.633. The molecule has 1 aromatic heterocycles. The van der Waals surface area contributed by atoms with Gasteiger partial charge in [-0.3, -0.25) is 9.69 Å². The van der Waals surface area contributed by atoms with Crippen molar-refractivity contribution in [3.8, 4) is 0 Å². The predicted molar refractivity (Wildman–Crippen MR) is 111 cm³/mol. The molecule has 0 unspecified atom stereocenters. The third-order valence-corrected chi connectivity index (χ3v) is 5.66. The summed E-state index contributed by atoms with van der Waals surface area (Å²) < 4.78 is 1.97. The Kier molecular flexibility index (Phi) is 6.28. The number of para-hydroxylation sites is 2. The summed E-state index contributed by atoms with van der Waals surface area (Å²) in [5, 5.41) is 16.7. The number of carboxylic acid groups (broad SMARTS) is 1. The maximum Gasteiger partial charge on any atom is 0.324 e. The molecule has 30 heavy (non-hydrogen) atoms. The summed E-state index contributed by atoms with van der Waals surface area (Å²) in [4.78, 5) is 43.3. The molecule has 0 radical (unpaired) electrons. The fraction of sp³-hybridized carbons (Fsp3) is 0.524. The Balaban J connectivity index is 1.78. The monoisotopic (exact) mass is 414 g/mol. The second kappa shape index (κ2) is 8.73. The van der Waals surface area contributed by atoms with Crippen molar-refractivity contribution in [2.24, 2.45) is 11.8 Å². The average Bonchev–Trinajstić information content (AvgIpc) is 3.28. The van der Waals surface area contributed by atoms with Crippen molar-refractivity contribution in [3.05, 3.63) is 24.3 Å². The van der Waals surface area contributed by atoms with Crippen molar-refractivity contribution >= 4 is 34.9 Å². The maximum atomic E-state index is 13.0. The molecule has 0 aliphatic carbocycles. The van der Waals surface area contributed by atoms with Crippen LogP contribution in [0.2, 0.25) is 0 Å². The molecule has 3 rings (SSSR count). The number of anilines is 1. The summed E-state index contributed by atoms with van der Waals surface area (Å²) in [6, 6.07) is 5.22. The average molecular weight is 414 g/mol. The molecule has 0 saturated heterocycles. The zero-order valence-electron chi connectivity index (χ0n) is 17.7. The van der Waals surface area contributed by atoms with Crippen molar-refractivity contribution < 1.29 is 19.5 Å². The normalized spacial score (nSPS) is 16.2. The number of aliphatic carboxylic acids is 1. The Morgan fingerprint density at radius 1 is 1.10 bits per heavy atom. The first-order valence-corrected chi connectivity index (χ1v) is 10.3. The molecule has 1 aromatic carbocycles. The lowest BCUT2D eigenvalue weighted by molar-refractivity contribution is -0.309. The van der Waals surface area contributed by atoms with Crippen molar-refractivity contribution in [1.29, 1.82) is 0 Å². The van der Waals surface area contributed by atoms with Crippen LogP contribution >= 0.6 is 0 Å². The number of benzene rings is 1. The molecule has 0 spiro atoms. The SMILES string of the molecule is CC[C@H](C)[C@H](NC(=O)N1CCn2c1nc1ccccc12)C(=O)N[C@H](C(=O)[O-])C(C)C. The van der Waals surface area contributed by atoms with Gasteiger partial charge in [0.15, 0.2) is 0 Å². The number of carbonyl (C=O) groups excluding carboxylic acids is 3. The highest BCUT2D eigenvalue weighted by atomic mass is 16.4. The highest BCUT2D eigenvalue weighted by molar-refractivity contribution is 5.97. The number of aromatic nitrogens is 2.